The van der Waals surface area contributed by atoms with Crippen LogP contribution < -0.4 is 11.1 Å². The maximum Gasteiger partial charge on any atom is 0.248 e. The van der Waals surface area contributed by atoms with Gasteiger partial charge in [-0.05, 0) is 64.0 Å². The van der Waals surface area contributed by atoms with E-state index in [1.165, 1.54) is 11.6 Å². The summed E-state index contributed by atoms with van der Waals surface area (Å²) in [5.74, 6) is -0.105. The Labute approximate surface area is 239 Å². The summed E-state index contributed by atoms with van der Waals surface area (Å²) in [5.41, 5.74) is 8.84. The molecule has 1 saturated heterocycles. The van der Waals surface area contributed by atoms with E-state index in [1.54, 1.807) is 23.4 Å². The van der Waals surface area contributed by atoms with E-state index in [1.807, 2.05) is 45.0 Å². The van der Waals surface area contributed by atoms with Crippen LogP contribution >= 0.6 is 15.9 Å². The summed E-state index contributed by atoms with van der Waals surface area (Å²) >= 11 is 3.34. The number of pyridine rings is 1. The van der Waals surface area contributed by atoms with Gasteiger partial charge in [0.25, 0.3) is 0 Å². The van der Waals surface area contributed by atoms with Crippen molar-refractivity contribution in [3.8, 4) is 11.1 Å². The van der Waals surface area contributed by atoms with Crippen LogP contribution in [-0.2, 0) is 16.1 Å². The predicted molar refractivity (Wildman–Crippen MR) is 154 cm³/mol. The molecule has 4 heterocycles. The van der Waals surface area contributed by atoms with Gasteiger partial charge in [-0.1, -0.05) is 26.0 Å². The molecule has 4 aromatic rings. The molecular formula is C28H29BrN8O3. The lowest BCUT2D eigenvalue weighted by Gasteiger charge is -2.26. The highest BCUT2D eigenvalue weighted by Gasteiger charge is 2.43. The third-order valence-electron chi connectivity index (χ3n) is 7.48. The van der Waals surface area contributed by atoms with E-state index < -0.39 is 6.04 Å². The number of fused-ring (bicyclic) bond motifs is 1. The summed E-state index contributed by atoms with van der Waals surface area (Å²) in [5, 5.41) is 8.02. The highest BCUT2D eigenvalue weighted by atomic mass is 79.9. The topological polar surface area (TPSA) is 149 Å². The maximum atomic E-state index is 13.7. The lowest BCUT2D eigenvalue weighted by Crippen LogP contribution is -2.46. The number of anilines is 2. The van der Waals surface area contributed by atoms with Crippen molar-refractivity contribution in [1.82, 2.24) is 29.6 Å². The molecule has 1 aliphatic heterocycles. The number of nitrogen functional groups attached to an aromatic ring is 1. The smallest absolute Gasteiger partial charge is 0.248 e. The van der Waals surface area contributed by atoms with Gasteiger partial charge in [0.1, 0.15) is 28.7 Å². The molecular weight excluding hydrogens is 576 g/mol. The first kappa shape index (κ1) is 27.4. The minimum Gasteiger partial charge on any atom is -0.368 e. The third-order valence-corrected chi connectivity index (χ3v) is 7.93. The molecule has 40 heavy (non-hydrogen) atoms. The normalized spacial score (nSPS) is 18.7. The number of aryl methyl sites for hydroxylation is 1. The van der Waals surface area contributed by atoms with Crippen molar-refractivity contribution in [3.05, 3.63) is 58.6 Å². The Bertz CT molecular complexity index is 1630. The quantitative estimate of drug-likeness (QED) is 0.249. The average Bonchev–Trinajstić information content (AvgIpc) is 3.43. The number of nitrogens with one attached hydrogen (secondary N) is 1. The van der Waals surface area contributed by atoms with Crippen LogP contribution in [0.15, 0.2) is 47.3 Å². The van der Waals surface area contributed by atoms with E-state index in [0.717, 1.165) is 16.7 Å². The van der Waals surface area contributed by atoms with Gasteiger partial charge in [0.2, 0.25) is 17.8 Å². The molecule has 3 aromatic heterocycles. The van der Waals surface area contributed by atoms with Crippen LogP contribution in [0.2, 0.25) is 0 Å². The van der Waals surface area contributed by atoms with Gasteiger partial charge in [-0.3, -0.25) is 19.1 Å². The number of rotatable bonds is 6. The highest BCUT2D eigenvalue weighted by Crippen LogP contribution is 2.32. The zero-order valence-corrected chi connectivity index (χ0v) is 24.1. The third kappa shape index (κ3) is 5.18. The first-order valence-electron chi connectivity index (χ1n) is 12.9. The number of Topliss-reactive ketones (excluding diaryl/α,β-unsaturated/α-hetero) is 1. The summed E-state index contributed by atoms with van der Waals surface area (Å²) in [6.45, 7) is 7.62. The summed E-state index contributed by atoms with van der Waals surface area (Å²) in [6.07, 6.45) is 3.22. The first-order chi connectivity index (χ1) is 19.0. The molecule has 3 N–H and O–H groups in total. The molecule has 0 radical (unpaired) electrons. The summed E-state index contributed by atoms with van der Waals surface area (Å²) < 4.78 is 2.13. The number of carbonyl (C=O) groups is 3. The Morgan fingerprint density at radius 3 is 2.52 bits per heavy atom. The Kier molecular flexibility index (Phi) is 7.37. The molecule has 0 bridgehead atoms. The number of nitrogens with two attached hydrogens (primary N) is 1. The van der Waals surface area contributed by atoms with Crippen molar-refractivity contribution in [2.24, 2.45) is 11.8 Å². The number of amides is 2. The number of ketones is 1. The number of aromatic nitrogens is 5. The summed E-state index contributed by atoms with van der Waals surface area (Å²) in [6, 6.07) is 8.49. The van der Waals surface area contributed by atoms with Crippen LogP contribution in [0.3, 0.4) is 0 Å². The molecule has 11 nitrogen and oxygen atoms in total. The Hall–Kier alpha value is -4.19. The highest BCUT2D eigenvalue weighted by molar-refractivity contribution is 9.10. The van der Waals surface area contributed by atoms with Gasteiger partial charge in [0, 0.05) is 36.8 Å². The molecule has 0 aliphatic carbocycles. The van der Waals surface area contributed by atoms with Gasteiger partial charge in [-0.25, -0.2) is 15.0 Å². The Balaban J connectivity index is 1.43. The molecule has 0 spiro atoms. The van der Waals surface area contributed by atoms with Gasteiger partial charge in [-0.2, -0.15) is 5.10 Å². The van der Waals surface area contributed by atoms with Crippen LogP contribution in [0.5, 0.6) is 0 Å². The Morgan fingerprint density at radius 1 is 1.10 bits per heavy atom. The van der Waals surface area contributed by atoms with Crippen molar-refractivity contribution >= 4 is 56.2 Å². The molecule has 3 atom stereocenters. The van der Waals surface area contributed by atoms with Gasteiger partial charge in [-0.15, -0.1) is 0 Å². The van der Waals surface area contributed by atoms with Crippen molar-refractivity contribution < 1.29 is 14.4 Å². The predicted octanol–water partition coefficient (Wildman–Crippen LogP) is 3.87. The van der Waals surface area contributed by atoms with Crippen molar-refractivity contribution in [2.75, 3.05) is 17.6 Å². The zero-order chi connectivity index (χ0) is 28.7. The molecule has 1 fully saturated rings. The van der Waals surface area contributed by atoms with Crippen LogP contribution in [0.25, 0.3) is 22.0 Å². The fourth-order valence-corrected chi connectivity index (χ4v) is 5.40. The number of hydrogen-bond acceptors (Lipinski definition) is 8. The SMILES string of the molecule is CC(=O)c1nn(CC(=O)N2C[C@@H](C)[C@@H](C)[C@H]2C(=O)Nc2nc(Br)ccc2C)c2ccc(-c3cnc(N)nc3)cc12. The van der Waals surface area contributed by atoms with Gasteiger partial charge in [0.15, 0.2) is 5.78 Å². The standard InChI is InChI=1S/C28H29BrN8O3/c1-14-5-8-22(29)33-26(14)34-27(40)25-16(3)15(2)12-36(25)23(39)13-37-21-7-6-18(19-10-31-28(30)32-11-19)9-20(21)24(35-37)17(4)38/h5-11,15-16,25H,12-13H2,1-4H3,(H2,30,31,32)(H,33,34,40)/t15-,16-,25+/m1/s1. The number of nitrogens with zero attached hydrogens (tertiary/aromatic N) is 6. The maximum absolute atomic E-state index is 13.7. The lowest BCUT2D eigenvalue weighted by atomic mass is 9.93. The van der Waals surface area contributed by atoms with Crippen LogP contribution in [-0.4, -0.2) is 59.8 Å². The van der Waals surface area contributed by atoms with E-state index >= 15 is 0 Å². The average molecular weight is 605 g/mol. The van der Waals surface area contributed by atoms with Gasteiger partial charge >= 0.3 is 0 Å². The number of benzene rings is 1. The fourth-order valence-electron chi connectivity index (χ4n) is 5.09. The molecule has 5 rings (SSSR count). The van der Waals surface area contributed by atoms with E-state index in [2.05, 4.69) is 41.3 Å². The monoisotopic (exact) mass is 604 g/mol. The minimum atomic E-state index is -0.672. The molecule has 2 amide bonds. The van der Waals surface area contributed by atoms with E-state index in [0.29, 0.717) is 27.9 Å². The minimum absolute atomic E-state index is 0.0664. The number of likely N-dealkylation sites (tertiary alicyclic amines) is 1. The number of carbonyl (C=O) groups excluding carboxylic acids is 3. The van der Waals surface area contributed by atoms with E-state index in [4.69, 9.17) is 5.73 Å². The van der Waals surface area contributed by atoms with Crippen molar-refractivity contribution in [1.29, 1.82) is 0 Å². The molecule has 0 saturated carbocycles. The first-order valence-corrected chi connectivity index (χ1v) is 13.7. The second-order valence-electron chi connectivity index (χ2n) is 10.2. The molecule has 1 aliphatic rings. The lowest BCUT2D eigenvalue weighted by molar-refractivity contribution is -0.138. The second-order valence-corrected chi connectivity index (χ2v) is 11.1. The second kappa shape index (κ2) is 10.8. The van der Waals surface area contributed by atoms with Crippen molar-refractivity contribution in [2.45, 2.75) is 40.3 Å². The molecule has 1 aromatic carbocycles. The number of halogens is 1. The van der Waals surface area contributed by atoms with Crippen LogP contribution in [0.1, 0.15) is 36.8 Å². The fraction of sp³-hybridized carbons (Fsp3) is 0.321. The number of hydrogen-bond donors (Lipinski definition) is 2. The molecule has 0 unspecified atom stereocenters. The van der Waals surface area contributed by atoms with E-state index in [-0.39, 0.29) is 47.6 Å². The zero-order valence-electron chi connectivity index (χ0n) is 22.6. The van der Waals surface area contributed by atoms with Crippen LogP contribution in [0, 0.1) is 18.8 Å². The summed E-state index contributed by atoms with van der Waals surface area (Å²) in [4.78, 5) is 53.7. The van der Waals surface area contributed by atoms with Crippen molar-refractivity contribution in [3.63, 3.8) is 0 Å². The molecule has 206 valence electrons. The van der Waals surface area contributed by atoms with Gasteiger partial charge in [0.05, 0.1) is 5.52 Å². The Morgan fingerprint density at radius 2 is 1.82 bits per heavy atom. The summed E-state index contributed by atoms with van der Waals surface area (Å²) in [7, 11) is 0. The largest absolute Gasteiger partial charge is 0.368 e. The van der Waals surface area contributed by atoms with E-state index in [9.17, 15) is 14.4 Å². The van der Waals surface area contributed by atoms with Gasteiger partial charge < -0.3 is 16.0 Å². The molecule has 12 heteroatoms. The van der Waals surface area contributed by atoms with Crippen LogP contribution in [0.4, 0.5) is 11.8 Å².